The van der Waals surface area contributed by atoms with Gasteiger partial charge in [-0.25, -0.2) is 4.39 Å². The molecule has 0 aromatic heterocycles. The van der Waals surface area contributed by atoms with Crippen LogP contribution in [0.3, 0.4) is 0 Å². The summed E-state index contributed by atoms with van der Waals surface area (Å²) in [5, 5.41) is 3.54. The van der Waals surface area contributed by atoms with Crippen LogP contribution in [-0.2, 0) is 4.74 Å². The van der Waals surface area contributed by atoms with E-state index < -0.39 is 0 Å². The van der Waals surface area contributed by atoms with Crippen LogP contribution >= 0.6 is 11.6 Å². The van der Waals surface area contributed by atoms with Crippen LogP contribution in [0, 0.1) is 19.7 Å². The maximum absolute atomic E-state index is 13.8. The smallest absolute Gasteiger partial charge is 0.145 e. The van der Waals surface area contributed by atoms with Crippen molar-refractivity contribution < 1.29 is 9.13 Å². The Morgan fingerprint density at radius 1 is 1.50 bits per heavy atom. The minimum Gasteiger partial charge on any atom is -0.378 e. The molecule has 0 aliphatic carbocycles. The average Bonchev–Trinajstić information content (AvgIpc) is 2.32. The summed E-state index contributed by atoms with van der Waals surface area (Å²) in [6.07, 6.45) is 0. The number of aryl methyl sites for hydroxylation is 1. The van der Waals surface area contributed by atoms with Crippen molar-refractivity contribution in [2.45, 2.75) is 19.9 Å². The second-order valence-electron chi connectivity index (χ2n) is 4.12. The third-order valence-electron chi connectivity index (χ3n) is 2.97. The van der Waals surface area contributed by atoms with Crippen molar-refractivity contribution in [2.75, 3.05) is 19.8 Å². The van der Waals surface area contributed by atoms with Gasteiger partial charge in [-0.2, -0.15) is 0 Å². The van der Waals surface area contributed by atoms with Crippen molar-refractivity contribution in [1.29, 1.82) is 0 Å². The van der Waals surface area contributed by atoms with E-state index in [1.54, 1.807) is 6.92 Å². The molecule has 0 radical (unpaired) electrons. The van der Waals surface area contributed by atoms with Gasteiger partial charge < -0.3 is 10.1 Å². The van der Waals surface area contributed by atoms with E-state index in [1.807, 2.05) is 13.0 Å². The number of ether oxygens (including phenoxy) is 1. The molecule has 2 rings (SSSR count). The summed E-state index contributed by atoms with van der Waals surface area (Å²) in [6, 6.07) is 2.01. The Morgan fingerprint density at radius 2 is 2.25 bits per heavy atom. The lowest BCUT2D eigenvalue weighted by Gasteiger charge is -2.26. The van der Waals surface area contributed by atoms with Crippen molar-refractivity contribution in [2.24, 2.45) is 0 Å². The Labute approximate surface area is 99.7 Å². The van der Waals surface area contributed by atoms with Crippen LogP contribution < -0.4 is 5.32 Å². The Balaban J connectivity index is 2.40. The molecule has 1 saturated heterocycles. The summed E-state index contributed by atoms with van der Waals surface area (Å²) in [7, 11) is 0. The number of hydrogen-bond donors (Lipinski definition) is 1. The maximum Gasteiger partial charge on any atom is 0.145 e. The van der Waals surface area contributed by atoms with E-state index in [1.165, 1.54) is 0 Å². The van der Waals surface area contributed by atoms with Crippen molar-refractivity contribution >= 4 is 11.6 Å². The van der Waals surface area contributed by atoms with E-state index in [-0.39, 0.29) is 16.9 Å². The van der Waals surface area contributed by atoms with Gasteiger partial charge in [-0.05, 0) is 30.5 Å². The summed E-state index contributed by atoms with van der Waals surface area (Å²) in [6.45, 7) is 5.67. The van der Waals surface area contributed by atoms with Crippen LogP contribution in [0.5, 0.6) is 0 Å². The van der Waals surface area contributed by atoms with Crippen molar-refractivity contribution in [3.05, 3.63) is 33.6 Å². The molecule has 1 fully saturated rings. The summed E-state index contributed by atoms with van der Waals surface area (Å²) in [5.41, 5.74) is 2.32. The van der Waals surface area contributed by atoms with Crippen LogP contribution in [0.2, 0.25) is 5.02 Å². The van der Waals surface area contributed by atoms with Crippen LogP contribution in [0.4, 0.5) is 4.39 Å². The van der Waals surface area contributed by atoms with Gasteiger partial charge in [-0.3, -0.25) is 0 Å². The summed E-state index contributed by atoms with van der Waals surface area (Å²) < 4.78 is 19.2. The highest BCUT2D eigenvalue weighted by Gasteiger charge is 2.21. The number of morpholine rings is 1. The lowest BCUT2D eigenvalue weighted by atomic mass is 9.98. The predicted molar refractivity (Wildman–Crippen MR) is 62.4 cm³/mol. The summed E-state index contributed by atoms with van der Waals surface area (Å²) in [5.74, 6) is -0.316. The minimum atomic E-state index is -0.316. The summed E-state index contributed by atoms with van der Waals surface area (Å²) in [4.78, 5) is 0. The molecule has 1 aliphatic heterocycles. The lowest BCUT2D eigenvalue weighted by Crippen LogP contribution is -2.35. The molecule has 1 heterocycles. The second kappa shape index (κ2) is 4.70. The van der Waals surface area contributed by atoms with E-state index in [4.69, 9.17) is 16.3 Å². The molecule has 0 bridgehead atoms. The number of rotatable bonds is 1. The quantitative estimate of drug-likeness (QED) is 0.819. The first-order chi connectivity index (χ1) is 7.61. The van der Waals surface area contributed by atoms with Crippen molar-refractivity contribution in [3.63, 3.8) is 0 Å². The zero-order chi connectivity index (χ0) is 11.7. The normalized spacial score (nSPS) is 21.1. The third-order valence-corrected chi connectivity index (χ3v) is 3.43. The highest BCUT2D eigenvalue weighted by Crippen LogP contribution is 2.29. The zero-order valence-corrected chi connectivity index (χ0v) is 10.2. The SMILES string of the molecule is Cc1cc(C2COCCN2)c(C)c(F)c1Cl. The molecule has 16 heavy (non-hydrogen) atoms. The number of nitrogens with one attached hydrogen (secondary N) is 1. The Bertz CT molecular complexity index is 402. The average molecular weight is 244 g/mol. The number of halogens is 2. The van der Waals surface area contributed by atoms with Gasteiger partial charge in [-0.15, -0.1) is 0 Å². The minimum absolute atomic E-state index is 0.0687. The van der Waals surface area contributed by atoms with Crippen molar-refractivity contribution in [1.82, 2.24) is 5.32 Å². The van der Waals surface area contributed by atoms with Gasteiger partial charge in [0, 0.05) is 6.54 Å². The molecule has 1 aromatic carbocycles. The van der Waals surface area contributed by atoms with Gasteiger partial charge >= 0.3 is 0 Å². The maximum atomic E-state index is 13.8. The van der Waals surface area contributed by atoms with E-state index in [2.05, 4.69) is 5.32 Å². The zero-order valence-electron chi connectivity index (χ0n) is 9.44. The molecular formula is C12H15ClFNO. The van der Waals surface area contributed by atoms with Crippen LogP contribution in [-0.4, -0.2) is 19.8 Å². The Kier molecular flexibility index (Phi) is 3.47. The second-order valence-corrected chi connectivity index (χ2v) is 4.50. The molecule has 2 nitrogen and oxygen atoms in total. The van der Waals surface area contributed by atoms with Crippen LogP contribution in [0.15, 0.2) is 6.07 Å². The van der Waals surface area contributed by atoms with Crippen molar-refractivity contribution in [3.8, 4) is 0 Å². The first kappa shape index (κ1) is 11.8. The first-order valence-corrected chi connectivity index (χ1v) is 5.75. The first-order valence-electron chi connectivity index (χ1n) is 5.37. The molecule has 1 aliphatic rings. The molecule has 1 aromatic rings. The van der Waals surface area contributed by atoms with Gasteiger partial charge in [-0.1, -0.05) is 17.7 Å². The molecule has 88 valence electrons. The molecule has 1 atom stereocenters. The molecule has 1 N–H and O–H groups in total. The van der Waals surface area contributed by atoms with E-state index >= 15 is 0 Å². The van der Waals surface area contributed by atoms with E-state index in [0.717, 1.165) is 17.7 Å². The van der Waals surface area contributed by atoms with Gasteiger partial charge in [0.2, 0.25) is 0 Å². The molecule has 0 saturated carbocycles. The lowest BCUT2D eigenvalue weighted by molar-refractivity contribution is 0.0766. The van der Waals surface area contributed by atoms with Gasteiger partial charge in [0.1, 0.15) is 5.82 Å². The molecule has 4 heteroatoms. The number of hydrogen-bond acceptors (Lipinski definition) is 2. The van der Waals surface area contributed by atoms with Gasteiger partial charge in [0.25, 0.3) is 0 Å². The summed E-state index contributed by atoms with van der Waals surface area (Å²) >= 11 is 5.87. The number of benzene rings is 1. The predicted octanol–water partition coefficient (Wildman–Crippen LogP) is 2.76. The third kappa shape index (κ3) is 2.08. The molecule has 0 amide bonds. The fraction of sp³-hybridized carbons (Fsp3) is 0.500. The van der Waals surface area contributed by atoms with E-state index in [0.29, 0.717) is 18.8 Å². The standard InChI is InChI=1S/C12H15ClFNO/c1-7-5-9(8(2)12(14)11(7)13)10-6-16-4-3-15-10/h5,10,15H,3-4,6H2,1-2H3. The largest absolute Gasteiger partial charge is 0.378 e. The van der Waals surface area contributed by atoms with Gasteiger partial charge in [0.15, 0.2) is 0 Å². The molecular weight excluding hydrogens is 229 g/mol. The highest BCUT2D eigenvalue weighted by atomic mass is 35.5. The van der Waals surface area contributed by atoms with E-state index in [9.17, 15) is 4.39 Å². The van der Waals surface area contributed by atoms with Gasteiger partial charge in [0.05, 0.1) is 24.3 Å². The monoisotopic (exact) mass is 243 g/mol. The molecule has 1 unspecified atom stereocenters. The Morgan fingerprint density at radius 3 is 2.88 bits per heavy atom. The molecule has 0 spiro atoms. The van der Waals surface area contributed by atoms with Crippen LogP contribution in [0.1, 0.15) is 22.7 Å². The fourth-order valence-electron chi connectivity index (χ4n) is 2.00. The highest BCUT2D eigenvalue weighted by molar-refractivity contribution is 6.31. The fourth-order valence-corrected chi connectivity index (χ4v) is 2.19. The van der Waals surface area contributed by atoms with Crippen LogP contribution in [0.25, 0.3) is 0 Å². The Hall–Kier alpha value is -0.640. The topological polar surface area (TPSA) is 21.3 Å².